The lowest BCUT2D eigenvalue weighted by atomic mass is 9.72. The van der Waals surface area contributed by atoms with Crippen molar-refractivity contribution in [1.29, 1.82) is 0 Å². The molecule has 0 bridgehead atoms. The third-order valence-electron chi connectivity index (χ3n) is 6.98. The van der Waals surface area contributed by atoms with Crippen LogP contribution >= 0.6 is 7.26 Å². The van der Waals surface area contributed by atoms with Gasteiger partial charge in [0.15, 0.2) is 0 Å². The van der Waals surface area contributed by atoms with E-state index in [1.807, 2.05) is 0 Å². The van der Waals surface area contributed by atoms with Crippen molar-refractivity contribution in [3.8, 4) is 0 Å². The lowest BCUT2D eigenvalue weighted by Crippen LogP contribution is -2.54. The van der Waals surface area contributed by atoms with Gasteiger partial charge in [0.1, 0.15) is 10.6 Å². The van der Waals surface area contributed by atoms with Gasteiger partial charge in [0.05, 0.1) is 18.6 Å². The zero-order valence-electron chi connectivity index (χ0n) is 16.2. The second kappa shape index (κ2) is 6.07. The third kappa shape index (κ3) is 2.25. The van der Waals surface area contributed by atoms with Crippen molar-refractivity contribution >= 4 is 17.9 Å². The average Bonchev–Trinajstić information content (AvgIpc) is 2.66. The van der Waals surface area contributed by atoms with Gasteiger partial charge in [-0.2, -0.15) is 0 Å². The molecule has 4 rings (SSSR count). The largest absolute Gasteiger partial charge is 0.100 e. The van der Waals surface area contributed by atoms with E-state index in [0.717, 1.165) is 6.16 Å². The number of rotatable bonds is 2. The van der Waals surface area contributed by atoms with Crippen molar-refractivity contribution in [3.63, 3.8) is 0 Å². The highest BCUT2D eigenvalue weighted by molar-refractivity contribution is 7.90. The smallest absolute Gasteiger partial charge is 0.0620 e. The monoisotopic (exact) mass is 359 g/mol. The summed E-state index contributed by atoms with van der Waals surface area (Å²) in [6.07, 6.45) is 1.15. The first-order valence-electron chi connectivity index (χ1n) is 9.49. The number of benzene rings is 3. The number of hydrogen-bond donors (Lipinski definition) is 0. The van der Waals surface area contributed by atoms with E-state index in [4.69, 9.17) is 0 Å². The summed E-state index contributed by atoms with van der Waals surface area (Å²) >= 11 is 0. The van der Waals surface area contributed by atoms with Gasteiger partial charge in [-0.05, 0) is 49.2 Å². The van der Waals surface area contributed by atoms with Crippen LogP contribution < -0.4 is 10.6 Å². The first-order valence-corrected chi connectivity index (χ1v) is 11.5. The molecular weight excluding hydrogens is 331 g/mol. The Morgan fingerprint density at radius 3 is 1.62 bits per heavy atom. The van der Waals surface area contributed by atoms with Gasteiger partial charge in [0, 0.05) is 5.41 Å². The van der Waals surface area contributed by atoms with Gasteiger partial charge in [-0.1, -0.05) is 74.5 Å². The number of fused-ring (bicyclic) bond motifs is 1. The predicted molar refractivity (Wildman–Crippen MR) is 116 cm³/mol. The molecule has 0 N–H and O–H groups in total. The Hall–Kier alpha value is -1.91. The average molecular weight is 359 g/mol. The molecule has 0 saturated heterocycles. The molecule has 132 valence electrons. The van der Waals surface area contributed by atoms with E-state index in [0.29, 0.717) is 0 Å². The quantitative estimate of drug-likeness (QED) is 0.498. The Labute approximate surface area is 158 Å². The SMILES string of the molecule is CC1(C)c2ccccc2C[P+](c2ccccc2)(c2ccccc2)C1(C)C. The van der Waals surface area contributed by atoms with Crippen LogP contribution in [0.1, 0.15) is 38.8 Å². The molecule has 1 aliphatic rings. The molecule has 0 radical (unpaired) electrons. The third-order valence-corrected chi connectivity index (χ3v) is 12.6. The molecule has 0 aliphatic carbocycles. The fourth-order valence-electron chi connectivity index (χ4n) is 4.87. The van der Waals surface area contributed by atoms with E-state index in [2.05, 4.69) is 113 Å². The molecule has 3 aromatic carbocycles. The van der Waals surface area contributed by atoms with Crippen LogP contribution in [0.25, 0.3) is 0 Å². The number of hydrogen-bond acceptors (Lipinski definition) is 0. The standard InChI is InChI=1S/C25H28P/c1-24(2)23-18-12-11-13-20(23)19-26(25(24,3)4,21-14-7-5-8-15-21)22-16-9-6-10-17-22/h5-18H,19H2,1-4H3/q+1. The fourth-order valence-corrected chi connectivity index (χ4v) is 10.4. The molecule has 0 amide bonds. The minimum atomic E-state index is -1.65. The van der Waals surface area contributed by atoms with Crippen molar-refractivity contribution in [1.82, 2.24) is 0 Å². The molecule has 1 heterocycles. The topological polar surface area (TPSA) is 0 Å². The Bertz CT molecular complexity index is 868. The van der Waals surface area contributed by atoms with Gasteiger partial charge in [-0.25, -0.2) is 0 Å². The molecule has 0 nitrogen and oxygen atoms in total. The molecule has 0 saturated carbocycles. The van der Waals surface area contributed by atoms with Crippen molar-refractivity contribution in [2.75, 3.05) is 0 Å². The summed E-state index contributed by atoms with van der Waals surface area (Å²) < 4.78 is 0. The first-order chi connectivity index (χ1) is 12.4. The molecule has 0 spiro atoms. The highest BCUT2D eigenvalue weighted by atomic mass is 31.2. The first kappa shape index (κ1) is 17.5. The second-order valence-corrected chi connectivity index (χ2v) is 12.6. The lowest BCUT2D eigenvalue weighted by Gasteiger charge is -2.53. The van der Waals surface area contributed by atoms with E-state index in [1.165, 1.54) is 21.7 Å². The lowest BCUT2D eigenvalue weighted by molar-refractivity contribution is 0.393. The summed E-state index contributed by atoms with van der Waals surface area (Å²) in [7, 11) is -1.65. The van der Waals surface area contributed by atoms with Gasteiger partial charge in [0.2, 0.25) is 0 Å². The zero-order chi connectivity index (χ0) is 18.4. The van der Waals surface area contributed by atoms with Gasteiger partial charge < -0.3 is 0 Å². The van der Waals surface area contributed by atoms with Crippen LogP contribution in [-0.2, 0) is 11.6 Å². The van der Waals surface area contributed by atoms with E-state index in [9.17, 15) is 0 Å². The van der Waals surface area contributed by atoms with Crippen LogP contribution in [0.2, 0.25) is 0 Å². The van der Waals surface area contributed by atoms with E-state index < -0.39 is 7.26 Å². The molecular formula is C25H28P+. The van der Waals surface area contributed by atoms with Gasteiger partial charge >= 0.3 is 0 Å². The highest BCUT2D eigenvalue weighted by Crippen LogP contribution is 2.76. The Morgan fingerprint density at radius 1 is 0.615 bits per heavy atom. The Balaban J connectivity index is 2.10. The minimum absolute atomic E-state index is 0.0985. The molecule has 26 heavy (non-hydrogen) atoms. The molecule has 0 fully saturated rings. The fraction of sp³-hybridized carbons (Fsp3) is 0.280. The van der Waals surface area contributed by atoms with Crippen LogP contribution in [0.3, 0.4) is 0 Å². The van der Waals surface area contributed by atoms with E-state index in [1.54, 1.807) is 0 Å². The normalized spacial score (nSPS) is 19.5. The van der Waals surface area contributed by atoms with Gasteiger partial charge in [0.25, 0.3) is 0 Å². The minimum Gasteiger partial charge on any atom is -0.0620 e. The van der Waals surface area contributed by atoms with Crippen LogP contribution in [0.4, 0.5) is 0 Å². The summed E-state index contributed by atoms with van der Waals surface area (Å²) in [5.74, 6) is 0. The van der Waals surface area contributed by atoms with Crippen LogP contribution in [0.15, 0.2) is 84.9 Å². The van der Waals surface area contributed by atoms with Crippen molar-refractivity contribution < 1.29 is 0 Å². The summed E-state index contributed by atoms with van der Waals surface area (Å²) in [4.78, 5) is 0. The van der Waals surface area contributed by atoms with Crippen LogP contribution in [0.5, 0.6) is 0 Å². The maximum absolute atomic E-state index is 2.51. The summed E-state index contributed by atoms with van der Waals surface area (Å²) in [6.45, 7) is 9.92. The highest BCUT2D eigenvalue weighted by Gasteiger charge is 2.65. The molecule has 1 aliphatic heterocycles. The maximum atomic E-state index is 2.51. The summed E-state index contributed by atoms with van der Waals surface area (Å²) in [5, 5.41) is 3.20. The van der Waals surface area contributed by atoms with Crippen LogP contribution in [0, 0.1) is 0 Å². The molecule has 0 atom stereocenters. The van der Waals surface area contributed by atoms with Crippen molar-refractivity contribution in [3.05, 3.63) is 96.1 Å². The molecule has 1 heteroatoms. The predicted octanol–water partition coefficient (Wildman–Crippen LogP) is 5.93. The maximum Gasteiger partial charge on any atom is 0.100 e. The van der Waals surface area contributed by atoms with Crippen molar-refractivity contribution in [2.24, 2.45) is 0 Å². The molecule has 0 unspecified atom stereocenters. The molecule has 3 aromatic rings. The summed E-state index contributed by atoms with van der Waals surface area (Å²) in [5.41, 5.74) is 3.15. The van der Waals surface area contributed by atoms with Crippen LogP contribution in [-0.4, -0.2) is 5.16 Å². The van der Waals surface area contributed by atoms with Gasteiger partial charge in [-0.3, -0.25) is 0 Å². The Morgan fingerprint density at radius 2 is 1.08 bits per heavy atom. The summed E-state index contributed by atoms with van der Waals surface area (Å²) in [6, 6.07) is 31.7. The van der Waals surface area contributed by atoms with E-state index in [-0.39, 0.29) is 10.6 Å². The van der Waals surface area contributed by atoms with Gasteiger partial charge in [-0.15, -0.1) is 0 Å². The van der Waals surface area contributed by atoms with E-state index >= 15 is 0 Å². The second-order valence-electron chi connectivity index (χ2n) is 8.48. The van der Waals surface area contributed by atoms with Crippen molar-refractivity contribution in [2.45, 2.75) is 44.4 Å². The zero-order valence-corrected chi connectivity index (χ0v) is 17.1. The Kier molecular flexibility index (Phi) is 4.08. The molecule has 0 aromatic heterocycles.